The van der Waals surface area contributed by atoms with Crippen molar-refractivity contribution in [1.29, 1.82) is 0 Å². The number of carbonyl (C=O) groups excluding carboxylic acids is 2. The van der Waals surface area contributed by atoms with Crippen LogP contribution in [0.5, 0.6) is 0 Å². The molecular weight excluding hydrogens is 348 g/mol. The van der Waals surface area contributed by atoms with Gasteiger partial charge in [-0.3, -0.25) is 19.1 Å². The highest BCUT2D eigenvalue weighted by Gasteiger charge is 2.31. The van der Waals surface area contributed by atoms with Crippen LogP contribution in [0.25, 0.3) is 11.1 Å². The fourth-order valence-corrected chi connectivity index (χ4v) is 4.09. The van der Waals surface area contributed by atoms with E-state index in [2.05, 4.69) is 5.32 Å². The molecule has 1 saturated carbocycles. The molecule has 8 heteroatoms. The van der Waals surface area contributed by atoms with Gasteiger partial charge < -0.3 is 14.6 Å². The number of hydrogen-bond acceptors (Lipinski definition) is 5. The van der Waals surface area contributed by atoms with Crippen molar-refractivity contribution >= 4 is 28.6 Å². The van der Waals surface area contributed by atoms with Crippen LogP contribution in [0, 0.1) is 0 Å². The van der Waals surface area contributed by atoms with Crippen LogP contribution in [0.1, 0.15) is 25.7 Å². The lowest BCUT2D eigenvalue weighted by molar-refractivity contribution is -0.139. The molecule has 4 rings (SSSR count). The normalized spacial score (nSPS) is 19.1. The van der Waals surface area contributed by atoms with Crippen molar-refractivity contribution in [2.75, 3.05) is 31.5 Å². The van der Waals surface area contributed by atoms with Gasteiger partial charge >= 0.3 is 5.76 Å². The van der Waals surface area contributed by atoms with Crippen LogP contribution in [-0.4, -0.2) is 58.4 Å². The molecule has 2 amide bonds. The fraction of sp³-hybridized carbons (Fsp3) is 0.526. The Morgan fingerprint density at radius 1 is 1.22 bits per heavy atom. The number of amides is 2. The molecule has 2 fully saturated rings. The van der Waals surface area contributed by atoms with E-state index >= 15 is 0 Å². The van der Waals surface area contributed by atoms with Crippen LogP contribution >= 0.6 is 0 Å². The van der Waals surface area contributed by atoms with Crippen molar-refractivity contribution in [3.8, 4) is 0 Å². The van der Waals surface area contributed by atoms with Crippen molar-refractivity contribution < 1.29 is 14.0 Å². The lowest BCUT2D eigenvalue weighted by Gasteiger charge is -2.37. The molecule has 1 aromatic carbocycles. The van der Waals surface area contributed by atoms with E-state index in [9.17, 15) is 14.4 Å². The summed E-state index contributed by atoms with van der Waals surface area (Å²) in [6.07, 6.45) is 4.60. The summed E-state index contributed by atoms with van der Waals surface area (Å²) in [5.41, 5.74) is 1.67. The molecule has 1 saturated heterocycles. The van der Waals surface area contributed by atoms with Gasteiger partial charge in [0, 0.05) is 37.9 Å². The number of rotatable bonds is 4. The molecule has 0 bridgehead atoms. The van der Waals surface area contributed by atoms with Gasteiger partial charge in [0.2, 0.25) is 11.8 Å². The zero-order valence-electron chi connectivity index (χ0n) is 15.4. The second kappa shape index (κ2) is 7.19. The Labute approximate surface area is 156 Å². The molecule has 1 aromatic heterocycles. The van der Waals surface area contributed by atoms with Gasteiger partial charge in [0.25, 0.3) is 0 Å². The molecule has 1 aliphatic carbocycles. The smallest absolute Gasteiger partial charge is 0.408 e. The average molecular weight is 372 g/mol. The number of aromatic nitrogens is 1. The highest BCUT2D eigenvalue weighted by Crippen LogP contribution is 2.25. The van der Waals surface area contributed by atoms with Crippen LogP contribution in [0.2, 0.25) is 0 Å². The fourth-order valence-electron chi connectivity index (χ4n) is 4.09. The van der Waals surface area contributed by atoms with E-state index in [4.69, 9.17) is 4.42 Å². The molecule has 2 heterocycles. The summed E-state index contributed by atoms with van der Waals surface area (Å²) in [7, 11) is 1.63. The maximum absolute atomic E-state index is 12.4. The Bertz CT molecular complexity index is 925. The van der Waals surface area contributed by atoms with Gasteiger partial charge in [-0.05, 0) is 25.0 Å². The largest absolute Gasteiger partial charge is 0.419 e. The van der Waals surface area contributed by atoms with Gasteiger partial charge in [-0.2, -0.15) is 0 Å². The number of hydrogen-bond donors (Lipinski definition) is 1. The zero-order chi connectivity index (χ0) is 19.0. The predicted molar refractivity (Wildman–Crippen MR) is 100 cm³/mol. The Morgan fingerprint density at radius 2 is 2.00 bits per heavy atom. The molecule has 27 heavy (non-hydrogen) atoms. The van der Waals surface area contributed by atoms with Gasteiger partial charge in [-0.1, -0.05) is 12.8 Å². The number of aryl methyl sites for hydroxylation is 1. The van der Waals surface area contributed by atoms with Gasteiger partial charge in [0.15, 0.2) is 5.58 Å². The molecule has 0 atom stereocenters. The number of fused-ring (bicyclic) bond motifs is 1. The summed E-state index contributed by atoms with van der Waals surface area (Å²) in [4.78, 5) is 40.2. The molecule has 0 radical (unpaired) electrons. The average Bonchev–Trinajstić information content (AvgIpc) is 3.24. The minimum Gasteiger partial charge on any atom is -0.408 e. The van der Waals surface area contributed by atoms with Gasteiger partial charge in [-0.25, -0.2) is 4.79 Å². The van der Waals surface area contributed by atoms with Crippen molar-refractivity contribution in [3.63, 3.8) is 0 Å². The summed E-state index contributed by atoms with van der Waals surface area (Å²) in [5, 5.41) is 2.81. The molecule has 144 valence electrons. The number of benzene rings is 1. The second-order valence-electron chi connectivity index (χ2n) is 7.39. The molecule has 0 unspecified atom stereocenters. The molecule has 2 aliphatic rings. The summed E-state index contributed by atoms with van der Waals surface area (Å²) in [6, 6.07) is 5.50. The van der Waals surface area contributed by atoms with E-state index in [1.54, 1.807) is 25.2 Å². The molecule has 8 nitrogen and oxygen atoms in total. The highest BCUT2D eigenvalue weighted by atomic mass is 16.4. The minimum atomic E-state index is -0.438. The van der Waals surface area contributed by atoms with Crippen LogP contribution in [0.4, 0.5) is 5.69 Å². The topological polar surface area (TPSA) is 87.8 Å². The van der Waals surface area contributed by atoms with Gasteiger partial charge in [0.1, 0.15) is 0 Å². The number of anilines is 1. The summed E-state index contributed by atoms with van der Waals surface area (Å²) < 4.78 is 6.55. The Kier molecular flexibility index (Phi) is 4.73. The Hall–Kier alpha value is -2.61. The van der Waals surface area contributed by atoms with Crippen LogP contribution in [0.15, 0.2) is 27.4 Å². The van der Waals surface area contributed by atoms with Gasteiger partial charge in [-0.15, -0.1) is 0 Å². The van der Waals surface area contributed by atoms with Crippen molar-refractivity contribution in [2.24, 2.45) is 7.05 Å². The molecule has 2 aromatic rings. The van der Waals surface area contributed by atoms with Crippen LogP contribution < -0.4 is 11.1 Å². The van der Waals surface area contributed by atoms with E-state index in [0.717, 1.165) is 12.8 Å². The summed E-state index contributed by atoms with van der Waals surface area (Å²) in [6.45, 7) is 1.86. The Morgan fingerprint density at radius 3 is 2.74 bits per heavy atom. The van der Waals surface area contributed by atoms with E-state index < -0.39 is 5.76 Å². The van der Waals surface area contributed by atoms with E-state index in [1.165, 1.54) is 17.4 Å². The number of oxazole rings is 1. The first-order valence-electron chi connectivity index (χ1n) is 9.42. The van der Waals surface area contributed by atoms with Gasteiger partial charge in [0.05, 0.1) is 18.6 Å². The van der Waals surface area contributed by atoms with E-state index in [1.807, 2.05) is 9.80 Å². The number of nitrogens with zero attached hydrogens (tertiary/aromatic N) is 3. The standard InChI is InChI=1S/C19H24N4O4/c1-21-15-7-6-13(10-16(15)27-19(21)26)20-17(24)11-22-8-9-23(18(25)12-22)14-4-2-3-5-14/h6-7,10,14H,2-5,8-9,11-12H2,1H3,(H,20,24). The third kappa shape index (κ3) is 3.62. The number of piperazine rings is 1. The lowest BCUT2D eigenvalue weighted by atomic mass is 10.1. The van der Waals surface area contributed by atoms with Crippen LogP contribution in [0.3, 0.4) is 0 Å². The number of carbonyl (C=O) groups is 2. The minimum absolute atomic E-state index is 0.119. The maximum Gasteiger partial charge on any atom is 0.419 e. The van der Waals surface area contributed by atoms with E-state index in [0.29, 0.717) is 35.9 Å². The number of nitrogens with one attached hydrogen (secondary N) is 1. The highest BCUT2D eigenvalue weighted by molar-refractivity contribution is 5.94. The van der Waals surface area contributed by atoms with Crippen LogP contribution in [-0.2, 0) is 16.6 Å². The molecule has 0 spiro atoms. The monoisotopic (exact) mass is 372 g/mol. The summed E-state index contributed by atoms with van der Waals surface area (Å²) >= 11 is 0. The van der Waals surface area contributed by atoms with Crippen molar-refractivity contribution in [2.45, 2.75) is 31.7 Å². The molecule has 1 N–H and O–H groups in total. The Balaban J connectivity index is 1.34. The predicted octanol–water partition coefficient (Wildman–Crippen LogP) is 1.16. The SMILES string of the molecule is Cn1c(=O)oc2cc(NC(=O)CN3CCN(C4CCCC4)C(=O)C3)ccc21. The third-order valence-electron chi connectivity index (χ3n) is 5.55. The zero-order valence-corrected chi connectivity index (χ0v) is 15.4. The van der Waals surface area contributed by atoms with Crippen molar-refractivity contribution in [3.05, 3.63) is 28.7 Å². The second-order valence-corrected chi connectivity index (χ2v) is 7.39. The third-order valence-corrected chi connectivity index (χ3v) is 5.55. The first-order chi connectivity index (χ1) is 13.0. The molecule has 1 aliphatic heterocycles. The lowest BCUT2D eigenvalue weighted by Crippen LogP contribution is -2.54. The maximum atomic E-state index is 12.4. The van der Waals surface area contributed by atoms with E-state index in [-0.39, 0.29) is 24.9 Å². The first-order valence-corrected chi connectivity index (χ1v) is 9.42. The quantitative estimate of drug-likeness (QED) is 0.870. The first kappa shape index (κ1) is 17.8. The summed E-state index contributed by atoms with van der Waals surface area (Å²) in [5.74, 6) is -0.504. The van der Waals surface area contributed by atoms with Crippen molar-refractivity contribution in [1.82, 2.24) is 14.4 Å². The molecular formula is C19H24N4O4.